The molecule has 96 valence electrons. The van der Waals surface area contributed by atoms with Gasteiger partial charge in [0.2, 0.25) is 10.0 Å². The van der Waals surface area contributed by atoms with Crippen molar-refractivity contribution in [2.75, 3.05) is 23.6 Å². The van der Waals surface area contributed by atoms with Gasteiger partial charge in [0, 0.05) is 10.1 Å². The van der Waals surface area contributed by atoms with E-state index in [0.29, 0.717) is 12.2 Å². The fourth-order valence-electron chi connectivity index (χ4n) is 1.27. The van der Waals surface area contributed by atoms with Crippen LogP contribution in [0.4, 0.5) is 5.69 Å². The summed E-state index contributed by atoms with van der Waals surface area (Å²) in [5, 5.41) is 3.07. The van der Waals surface area contributed by atoms with Crippen LogP contribution >= 0.6 is 22.6 Å². The highest BCUT2D eigenvalue weighted by Crippen LogP contribution is 2.18. The van der Waals surface area contributed by atoms with Crippen LogP contribution in [0.15, 0.2) is 24.3 Å². The molecule has 0 amide bonds. The number of rotatable bonds is 7. The van der Waals surface area contributed by atoms with Crippen LogP contribution in [0.2, 0.25) is 0 Å². The summed E-state index contributed by atoms with van der Waals surface area (Å²) in [6.45, 7) is 3.37. The lowest BCUT2D eigenvalue weighted by atomic mass is 10.3. The average molecular weight is 368 g/mol. The second-order valence-electron chi connectivity index (χ2n) is 3.65. The lowest BCUT2D eigenvalue weighted by Gasteiger charge is -2.09. The Morgan fingerprint density at radius 1 is 1.24 bits per heavy atom. The van der Waals surface area contributed by atoms with Crippen LogP contribution in [0.5, 0.6) is 0 Å². The van der Waals surface area contributed by atoms with Gasteiger partial charge in [0.1, 0.15) is 0 Å². The number of halogens is 1. The molecule has 0 unspecified atom stereocenters. The van der Waals surface area contributed by atoms with Crippen molar-refractivity contribution in [2.45, 2.75) is 13.3 Å². The monoisotopic (exact) mass is 368 g/mol. The Hall–Kier alpha value is -0.340. The van der Waals surface area contributed by atoms with Crippen molar-refractivity contribution >= 4 is 38.3 Å². The summed E-state index contributed by atoms with van der Waals surface area (Å²) in [5.74, 6) is 0.0952. The van der Waals surface area contributed by atoms with Crippen LogP contribution in [-0.4, -0.2) is 27.3 Å². The number of hydrogen-bond acceptors (Lipinski definition) is 3. The lowest BCUT2D eigenvalue weighted by Crippen LogP contribution is -2.27. The molecule has 0 bridgehead atoms. The van der Waals surface area contributed by atoms with Crippen molar-refractivity contribution < 1.29 is 8.42 Å². The van der Waals surface area contributed by atoms with Gasteiger partial charge in [0.05, 0.1) is 11.4 Å². The molecule has 0 aliphatic rings. The Morgan fingerprint density at radius 3 is 2.59 bits per heavy atom. The molecule has 1 aromatic carbocycles. The van der Waals surface area contributed by atoms with Crippen molar-refractivity contribution in [2.24, 2.45) is 0 Å². The molecule has 0 aliphatic carbocycles. The zero-order valence-electron chi connectivity index (χ0n) is 9.74. The van der Waals surface area contributed by atoms with E-state index in [-0.39, 0.29) is 5.75 Å². The van der Waals surface area contributed by atoms with E-state index in [0.717, 1.165) is 16.5 Å². The summed E-state index contributed by atoms with van der Waals surface area (Å²) in [6.07, 6.45) is 1.00. The zero-order chi connectivity index (χ0) is 12.7. The maximum Gasteiger partial charge on any atom is 0.234 e. The summed E-state index contributed by atoms with van der Waals surface area (Å²) < 4.78 is 27.0. The molecule has 0 aliphatic heterocycles. The van der Waals surface area contributed by atoms with Crippen LogP contribution in [0.1, 0.15) is 13.3 Å². The van der Waals surface area contributed by atoms with Crippen molar-refractivity contribution in [1.82, 2.24) is 5.32 Å². The smallest absolute Gasteiger partial charge is 0.234 e. The van der Waals surface area contributed by atoms with Crippen LogP contribution < -0.4 is 10.0 Å². The number of sulfonamides is 1. The summed E-state index contributed by atoms with van der Waals surface area (Å²) in [7, 11) is -3.25. The van der Waals surface area contributed by atoms with Gasteiger partial charge in [-0.25, -0.2) is 8.42 Å². The van der Waals surface area contributed by atoms with E-state index >= 15 is 0 Å². The van der Waals surface area contributed by atoms with Gasteiger partial charge in [0.15, 0.2) is 0 Å². The third kappa shape index (κ3) is 5.69. The second kappa shape index (κ2) is 7.17. The molecule has 0 aromatic heterocycles. The first kappa shape index (κ1) is 14.7. The maximum atomic E-state index is 11.8. The van der Waals surface area contributed by atoms with Crippen molar-refractivity contribution in [3.05, 3.63) is 27.8 Å². The molecule has 0 radical (unpaired) electrons. The Morgan fingerprint density at radius 2 is 1.94 bits per heavy atom. The summed E-state index contributed by atoms with van der Waals surface area (Å²) in [4.78, 5) is 0. The third-order valence-corrected chi connectivity index (χ3v) is 4.33. The number of anilines is 1. The average Bonchev–Trinajstić information content (AvgIpc) is 2.28. The predicted octanol–water partition coefficient (Wildman–Crippen LogP) is 2.03. The van der Waals surface area contributed by atoms with Gasteiger partial charge in [-0.3, -0.25) is 4.72 Å². The number of para-hydroxylation sites is 1. The zero-order valence-corrected chi connectivity index (χ0v) is 12.7. The molecule has 0 fully saturated rings. The highest BCUT2D eigenvalue weighted by Gasteiger charge is 2.11. The number of nitrogens with one attached hydrogen (secondary N) is 2. The van der Waals surface area contributed by atoms with E-state index in [2.05, 4.69) is 32.6 Å². The molecule has 2 N–H and O–H groups in total. The highest BCUT2D eigenvalue weighted by molar-refractivity contribution is 14.1. The predicted molar refractivity (Wildman–Crippen MR) is 79.7 cm³/mol. The first-order valence-electron chi connectivity index (χ1n) is 5.51. The molecule has 0 saturated heterocycles. The van der Waals surface area contributed by atoms with Crippen LogP contribution in [0, 0.1) is 3.57 Å². The maximum absolute atomic E-state index is 11.8. The van der Waals surface area contributed by atoms with Gasteiger partial charge in [-0.15, -0.1) is 0 Å². The van der Waals surface area contributed by atoms with Gasteiger partial charge in [-0.1, -0.05) is 19.1 Å². The van der Waals surface area contributed by atoms with E-state index < -0.39 is 10.0 Å². The Bertz CT molecular complexity index is 449. The Balaban J connectivity index is 2.52. The fraction of sp³-hybridized carbons (Fsp3) is 0.455. The van der Waals surface area contributed by atoms with E-state index in [1.165, 1.54) is 0 Å². The summed E-state index contributed by atoms with van der Waals surface area (Å²) in [6, 6.07) is 7.32. The molecule has 1 aromatic rings. The first-order chi connectivity index (χ1) is 8.05. The van der Waals surface area contributed by atoms with Crippen LogP contribution in [0.3, 0.4) is 0 Å². The molecule has 6 heteroatoms. The quantitative estimate of drug-likeness (QED) is 0.572. The Kier molecular flexibility index (Phi) is 6.21. The highest BCUT2D eigenvalue weighted by atomic mass is 127. The van der Waals surface area contributed by atoms with Gasteiger partial charge in [-0.2, -0.15) is 0 Å². The molecule has 17 heavy (non-hydrogen) atoms. The summed E-state index contributed by atoms with van der Waals surface area (Å²) >= 11 is 2.11. The third-order valence-electron chi connectivity index (χ3n) is 2.11. The van der Waals surface area contributed by atoms with Gasteiger partial charge >= 0.3 is 0 Å². The van der Waals surface area contributed by atoms with Crippen LogP contribution in [0.25, 0.3) is 0 Å². The SMILES string of the molecule is CCCNCCS(=O)(=O)Nc1ccccc1I. The van der Waals surface area contributed by atoms with Gasteiger partial charge in [-0.05, 0) is 47.7 Å². The minimum atomic E-state index is -3.25. The number of benzene rings is 1. The second-order valence-corrected chi connectivity index (χ2v) is 6.65. The van der Waals surface area contributed by atoms with E-state index in [1.807, 2.05) is 25.1 Å². The molecule has 0 spiro atoms. The molecular weight excluding hydrogens is 351 g/mol. The molecule has 1 rings (SSSR count). The minimum Gasteiger partial charge on any atom is -0.316 e. The van der Waals surface area contributed by atoms with E-state index in [4.69, 9.17) is 0 Å². The van der Waals surface area contributed by atoms with Crippen LogP contribution in [-0.2, 0) is 10.0 Å². The van der Waals surface area contributed by atoms with Gasteiger partial charge < -0.3 is 5.32 Å². The fourth-order valence-corrected chi connectivity index (χ4v) is 3.00. The molecule has 0 atom stereocenters. The minimum absolute atomic E-state index is 0.0952. The van der Waals surface area contributed by atoms with Crippen molar-refractivity contribution in [1.29, 1.82) is 0 Å². The molecular formula is C11H17IN2O2S. The summed E-state index contributed by atoms with van der Waals surface area (Å²) in [5.41, 5.74) is 0.642. The normalized spacial score (nSPS) is 11.4. The van der Waals surface area contributed by atoms with E-state index in [1.54, 1.807) is 6.07 Å². The van der Waals surface area contributed by atoms with E-state index in [9.17, 15) is 8.42 Å². The molecule has 0 heterocycles. The topological polar surface area (TPSA) is 58.2 Å². The standard InChI is InChI=1S/C11H17IN2O2S/c1-2-7-13-8-9-17(15,16)14-11-6-4-3-5-10(11)12/h3-6,13-14H,2,7-9H2,1H3. The molecule has 4 nitrogen and oxygen atoms in total. The van der Waals surface area contributed by atoms with Crippen molar-refractivity contribution in [3.8, 4) is 0 Å². The lowest BCUT2D eigenvalue weighted by molar-refractivity contribution is 0.595. The van der Waals surface area contributed by atoms with Gasteiger partial charge in [0.25, 0.3) is 0 Å². The number of hydrogen-bond donors (Lipinski definition) is 2. The largest absolute Gasteiger partial charge is 0.316 e. The first-order valence-corrected chi connectivity index (χ1v) is 8.24. The Labute approximate surface area is 116 Å². The molecule has 0 saturated carbocycles. The van der Waals surface area contributed by atoms with Crippen molar-refractivity contribution in [3.63, 3.8) is 0 Å².